The van der Waals surface area contributed by atoms with E-state index in [-0.39, 0.29) is 17.5 Å². The van der Waals surface area contributed by atoms with Gasteiger partial charge in [-0.25, -0.2) is 4.98 Å². The van der Waals surface area contributed by atoms with Crippen LogP contribution in [0.1, 0.15) is 40.7 Å². The van der Waals surface area contributed by atoms with Gasteiger partial charge in [0, 0.05) is 30.7 Å². The average Bonchev–Trinajstić information content (AvgIpc) is 3.25. The Morgan fingerprint density at radius 1 is 1.39 bits per heavy atom. The molecule has 0 unspecified atom stereocenters. The van der Waals surface area contributed by atoms with Crippen molar-refractivity contribution in [2.45, 2.75) is 25.3 Å². The van der Waals surface area contributed by atoms with Crippen molar-refractivity contribution in [2.24, 2.45) is 0 Å². The minimum Gasteiger partial charge on any atom is -0.329 e. The van der Waals surface area contributed by atoms with E-state index in [1.165, 1.54) is 15.7 Å². The first-order valence-corrected chi connectivity index (χ1v) is 8.38. The molecule has 0 aliphatic carbocycles. The van der Waals surface area contributed by atoms with Crippen LogP contribution < -0.4 is 5.56 Å². The summed E-state index contributed by atoms with van der Waals surface area (Å²) in [5.74, 6) is 0.476. The normalized spacial score (nSPS) is 18.4. The van der Waals surface area contributed by atoms with Gasteiger partial charge in [0.05, 0.1) is 17.7 Å². The lowest BCUT2D eigenvalue weighted by molar-refractivity contribution is 0.0611. The van der Waals surface area contributed by atoms with Crippen molar-refractivity contribution in [3.63, 3.8) is 0 Å². The molecule has 1 fully saturated rings. The first-order chi connectivity index (χ1) is 11.2. The molecule has 0 saturated carbocycles. The molecule has 1 saturated heterocycles. The summed E-state index contributed by atoms with van der Waals surface area (Å²) in [6, 6.07) is 1.44. The molecule has 0 bridgehead atoms. The number of nitrogens with one attached hydrogen (secondary N) is 1. The number of hydrogen-bond donors (Lipinski definition) is 1. The summed E-state index contributed by atoms with van der Waals surface area (Å²) in [7, 11) is 0. The molecular weight excluding hydrogens is 314 g/mol. The Morgan fingerprint density at radius 3 is 3.13 bits per heavy atom. The molecule has 8 heteroatoms. The van der Waals surface area contributed by atoms with Crippen LogP contribution in [0.2, 0.25) is 0 Å². The monoisotopic (exact) mass is 329 g/mol. The highest BCUT2D eigenvalue weighted by atomic mass is 32.1. The minimum atomic E-state index is -0.137. The molecule has 1 aliphatic heterocycles. The van der Waals surface area contributed by atoms with Crippen LogP contribution in [-0.4, -0.2) is 36.7 Å². The third-order valence-electron chi connectivity index (χ3n) is 4.18. The number of thiazole rings is 1. The smallest absolute Gasteiger partial charge is 0.266 e. The van der Waals surface area contributed by atoms with Crippen LogP contribution >= 0.6 is 11.3 Å². The second-order valence-electron chi connectivity index (χ2n) is 5.56. The van der Waals surface area contributed by atoms with Crippen molar-refractivity contribution in [3.05, 3.63) is 51.1 Å². The minimum absolute atomic E-state index is 0.0266. The topological polar surface area (TPSA) is 83.4 Å². The predicted molar refractivity (Wildman–Crippen MR) is 85.6 cm³/mol. The number of hydrogen-bond acceptors (Lipinski definition) is 5. The Morgan fingerprint density at radius 2 is 2.30 bits per heavy atom. The van der Waals surface area contributed by atoms with Gasteiger partial charge in [-0.15, -0.1) is 11.3 Å². The maximum atomic E-state index is 12.7. The van der Waals surface area contributed by atoms with E-state index < -0.39 is 0 Å². The maximum Gasteiger partial charge on any atom is 0.266 e. The highest BCUT2D eigenvalue weighted by Gasteiger charge is 2.30. The van der Waals surface area contributed by atoms with Gasteiger partial charge in [0.15, 0.2) is 0 Å². The summed E-state index contributed by atoms with van der Waals surface area (Å²) >= 11 is 1.34. The Hall–Kier alpha value is -2.48. The molecule has 0 spiro atoms. The van der Waals surface area contributed by atoms with Crippen LogP contribution in [-0.2, 0) is 0 Å². The van der Waals surface area contributed by atoms with Gasteiger partial charge in [-0.2, -0.15) is 0 Å². The lowest BCUT2D eigenvalue weighted by atomic mass is 9.99. The summed E-state index contributed by atoms with van der Waals surface area (Å²) in [5, 5.41) is 0. The Bertz CT molecular complexity index is 898. The number of nitrogens with zero attached hydrogens (tertiary/aromatic N) is 4. The van der Waals surface area contributed by atoms with E-state index >= 15 is 0 Å². The zero-order chi connectivity index (χ0) is 15.8. The summed E-state index contributed by atoms with van der Waals surface area (Å²) in [6.07, 6.45) is 7.63. The second kappa shape index (κ2) is 5.62. The Kier molecular flexibility index (Phi) is 3.45. The van der Waals surface area contributed by atoms with Crippen molar-refractivity contribution in [1.82, 2.24) is 24.3 Å². The van der Waals surface area contributed by atoms with Crippen LogP contribution in [0.25, 0.3) is 5.78 Å². The predicted octanol–water partition coefficient (Wildman–Crippen LogP) is 1.85. The van der Waals surface area contributed by atoms with Gasteiger partial charge < -0.3 is 9.88 Å². The van der Waals surface area contributed by atoms with Crippen molar-refractivity contribution < 1.29 is 4.79 Å². The Labute approximate surface area is 135 Å². The lowest BCUT2D eigenvalue weighted by Crippen LogP contribution is -2.39. The van der Waals surface area contributed by atoms with Gasteiger partial charge in [-0.1, -0.05) is 0 Å². The number of aromatic amines is 1. The van der Waals surface area contributed by atoms with E-state index in [0.717, 1.165) is 25.0 Å². The number of aromatic nitrogens is 4. The maximum absolute atomic E-state index is 12.7. The number of H-pyrrole nitrogens is 1. The molecule has 1 aliphatic rings. The standard InChI is InChI=1S/C15H15N5O2S/c21-13-7-10(18-15-17-4-6-20(13)15)11-3-1-2-5-19(11)14(22)12-8-16-9-23-12/h4,6-9,11H,1-3,5H2,(H,17,18)/t11-/m0/s1. The molecule has 23 heavy (non-hydrogen) atoms. The summed E-state index contributed by atoms with van der Waals surface area (Å²) in [6.45, 7) is 0.684. The fourth-order valence-electron chi connectivity index (χ4n) is 3.08. The van der Waals surface area contributed by atoms with Gasteiger partial charge in [0.2, 0.25) is 5.78 Å². The fraction of sp³-hybridized carbons (Fsp3) is 0.333. The zero-order valence-electron chi connectivity index (χ0n) is 12.3. The average molecular weight is 329 g/mol. The van der Waals surface area contributed by atoms with E-state index in [1.807, 2.05) is 4.90 Å². The molecule has 3 aromatic heterocycles. The fourth-order valence-corrected chi connectivity index (χ4v) is 3.66. The van der Waals surface area contributed by atoms with E-state index in [1.54, 1.807) is 30.2 Å². The van der Waals surface area contributed by atoms with Gasteiger partial charge in [0.25, 0.3) is 11.5 Å². The number of piperidine rings is 1. The lowest BCUT2D eigenvalue weighted by Gasteiger charge is -2.35. The van der Waals surface area contributed by atoms with Crippen LogP contribution in [0, 0.1) is 0 Å². The number of rotatable bonds is 2. The third-order valence-corrected chi connectivity index (χ3v) is 4.94. The zero-order valence-corrected chi connectivity index (χ0v) is 13.1. The van der Waals surface area contributed by atoms with Crippen LogP contribution in [0.15, 0.2) is 35.0 Å². The highest BCUT2D eigenvalue weighted by molar-refractivity contribution is 7.11. The van der Waals surface area contributed by atoms with Crippen molar-refractivity contribution in [2.75, 3.05) is 6.54 Å². The molecule has 1 amide bonds. The molecule has 0 radical (unpaired) electrons. The first kappa shape index (κ1) is 14.1. The Balaban J connectivity index is 1.74. The summed E-state index contributed by atoms with van der Waals surface area (Å²) in [4.78, 5) is 38.7. The number of imidazole rings is 1. The highest BCUT2D eigenvalue weighted by Crippen LogP contribution is 2.31. The van der Waals surface area contributed by atoms with Crippen LogP contribution in [0.4, 0.5) is 0 Å². The quantitative estimate of drug-likeness (QED) is 0.778. The third kappa shape index (κ3) is 2.44. The molecular formula is C15H15N5O2S. The summed E-state index contributed by atoms with van der Waals surface area (Å²) in [5.41, 5.74) is 2.26. The molecule has 118 valence electrons. The van der Waals surface area contributed by atoms with Gasteiger partial charge in [-0.05, 0) is 19.3 Å². The molecule has 1 atom stereocenters. The van der Waals surface area contributed by atoms with E-state index in [2.05, 4.69) is 15.0 Å². The van der Waals surface area contributed by atoms with Crippen molar-refractivity contribution in [1.29, 1.82) is 0 Å². The van der Waals surface area contributed by atoms with Crippen molar-refractivity contribution >= 4 is 23.0 Å². The summed E-state index contributed by atoms with van der Waals surface area (Å²) < 4.78 is 1.46. The number of carbonyl (C=O) groups is 1. The SMILES string of the molecule is O=C(c1cncs1)N1CCCC[C@H]1c1cc(=O)n2ccnc2[nH]1. The van der Waals surface area contributed by atoms with Gasteiger partial charge in [0.1, 0.15) is 4.88 Å². The van der Waals surface area contributed by atoms with Gasteiger partial charge >= 0.3 is 0 Å². The molecule has 3 aromatic rings. The van der Waals surface area contributed by atoms with E-state index in [9.17, 15) is 9.59 Å². The van der Waals surface area contributed by atoms with Crippen LogP contribution in [0.3, 0.4) is 0 Å². The largest absolute Gasteiger partial charge is 0.329 e. The molecule has 7 nitrogen and oxygen atoms in total. The molecule has 4 rings (SSSR count). The number of likely N-dealkylation sites (tertiary alicyclic amines) is 1. The first-order valence-electron chi connectivity index (χ1n) is 7.50. The number of amides is 1. The van der Waals surface area contributed by atoms with E-state index in [4.69, 9.17) is 0 Å². The molecule has 0 aromatic carbocycles. The second-order valence-corrected chi connectivity index (χ2v) is 6.45. The number of carbonyl (C=O) groups excluding carboxylic acids is 1. The van der Waals surface area contributed by atoms with Gasteiger partial charge in [-0.3, -0.25) is 19.0 Å². The van der Waals surface area contributed by atoms with Crippen LogP contribution in [0.5, 0.6) is 0 Å². The van der Waals surface area contributed by atoms with Crippen molar-refractivity contribution in [3.8, 4) is 0 Å². The van der Waals surface area contributed by atoms with E-state index in [0.29, 0.717) is 17.2 Å². The molecule has 4 heterocycles. The number of fused-ring (bicyclic) bond motifs is 1. The molecule has 1 N–H and O–H groups in total.